The predicted molar refractivity (Wildman–Crippen MR) is 65.2 cm³/mol. The van der Waals surface area contributed by atoms with Crippen molar-refractivity contribution < 1.29 is 0 Å². The summed E-state index contributed by atoms with van der Waals surface area (Å²) in [5, 5.41) is 3.33. The van der Waals surface area contributed by atoms with Gasteiger partial charge in [-0.2, -0.15) is 0 Å². The largest absolute Gasteiger partial charge is 0.385 e. The molecule has 1 N–H and O–H groups in total. The molecular weight excluding hydrogens is 170 g/mol. The molecule has 0 radical (unpaired) electrons. The van der Waals surface area contributed by atoms with Crippen LogP contribution in [0.3, 0.4) is 0 Å². The minimum atomic E-state index is 0.365. The Hall–Kier alpha value is -0.720. The zero-order valence-electron chi connectivity index (χ0n) is 10.1. The van der Waals surface area contributed by atoms with E-state index in [1.165, 1.54) is 24.8 Å². The Balaban J connectivity index is 4.11. The maximum absolute atomic E-state index is 3.75. The lowest BCUT2D eigenvalue weighted by Gasteiger charge is -2.16. The summed E-state index contributed by atoms with van der Waals surface area (Å²) in [6.07, 6.45) is 7.87. The SMILES string of the molecule is C=CC(C)N/C=C(\C)C(CC)CCC. The molecule has 0 bridgehead atoms. The molecule has 2 unspecified atom stereocenters. The molecule has 82 valence electrons. The first-order valence-electron chi connectivity index (χ1n) is 5.70. The summed E-state index contributed by atoms with van der Waals surface area (Å²) in [5.41, 5.74) is 1.46. The molecule has 1 heteroatoms. The van der Waals surface area contributed by atoms with Crippen LogP contribution < -0.4 is 5.32 Å². The predicted octanol–water partition coefficient (Wildman–Crippen LogP) is 3.88. The van der Waals surface area contributed by atoms with Crippen LogP contribution in [0.25, 0.3) is 0 Å². The van der Waals surface area contributed by atoms with Gasteiger partial charge < -0.3 is 5.32 Å². The van der Waals surface area contributed by atoms with E-state index in [0.29, 0.717) is 6.04 Å². The van der Waals surface area contributed by atoms with Crippen molar-refractivity contribution in [2.24, 2.45) is 5.92 Å². The minimum absolute atomic E-state index is 0.365. The first-order chi connectivity index (χ1) is 6.65. The Morgan fingerprint density at radius 3 is 2.50 bits per heavy atom. The lowest BCUT2D eigenvalue weighted by molar-refractivity contribution is 0.529. The first kappa shape index (κ1) is 13.3. The molecule has 1 nitrogen and oxygen atoms in total. The van der Waals surface area contributed by atoms with Gasteiger partial charge in [0.15, 0.2) is 0 Å². The molecule has 0 heterocycles. The number of hydrogen-bond donors (Lipinski definition) is 1. The van der Waals surface area contributed by atoms with E-state index in [1.54, 1.807) is 0 Å². The van der Waals surface area contributed by atoms with Gasteiger partial charge in [-0.15, -0.1) is 6.58 Å². The van der Waals surface area contributed by atoms with Gasteiger partial charge in [-0.05, 0) is 38.8 Å². The highest BCUT2D eigenvalue weighted by Crippen LogP contribution is 2.19. The van der Waals surface area contributed by atoms with E-state index in [4.69, 9.17) is 0 Å². The summed E-state index contributed by atoms with van der Waals surface area (Å²) in [6.45, 7) is 12.6. The third kappa shape index (κ3) is 5.11. The second-order valence-corrected chi connectivity index (χ2v) is 3.97. The fourth-order valence-corrected chi connectivity index (χ4v) is 1.55. The van der Waals surface area contributed by atoms with E-state index in [-0.39, 0.29) is 0 Å². The molecular formula is C13H25N. The van der Waals surface area contributed by atoms with Crippen molar-refractivity contribution in [1.82, 2.24) is 5.32 Å². The van der Waals surface area contributed by atoms with Crippen LogP contribution in [0.5, 0.6) is 0 Å². The monoisotopic (exact) mass is 195 g/mol. The van der Waals surface area contributed by atoms with E-state index >= 15 is 0 Å². The Kier molecular flexibility index (Phi) is 7.27. The highest BCUT2D eigenvalue weighted by atomic mass is 14.9. The van der Waals surface area contributed by atoms with Gasteiger partial charge in [0, 0.05) is 6.04 Å². The molecule has 0 saturated carbocycles. The zero-order valence-corrected chi connectivity index (χ0v) is 10.1. The van der Waals surface area contributed by atoms with Crippen LogP contribution in [0.15, 0.2) is 24.4 Å². The molecule has 0 saturated heterocycles. The summed E-state index contributed by atoms with van der Waals surface area (Å²) in [7, 11) is 0. The van der Waals surface area contributed by atoms with Crippen molar-refractivity contribution in [3.05, 3.63) is 24.4 Å². The Morgan fingerprint density at radius 2 is 2.07 bits per heavy atom. The Morgan fingerprint density at radius 1 is 1.43 bits per heavy atom. The van der Waals surface area contributed by atoms with E-state index in [1.807, 2.05) is 6.08 Å². The summed E-state index contributed by atoms with van der Waals surface area (Å²) in [4.78, 5) is 0. The molecule has 0 aliphatic carbocycles. The molecule has 2 atom stereocenters. The first-order valence-corrected chi connectivity index (χ1v) is 5.70. The minimum Gasteiger partial charge on any atom is -0.385 e. The van der Waals surface area contributed by atoms with Crippen LogP contribution in [0.2, 0.25) is 0 Å². The van der Waals surface area contributed by atoms with Crippen molar-refractivity contribution in [3.63, 3.8) is 0 Å². The van der Waals surface area contributed by atoms with Crippen LogP contribution in [0.1, 0.15) is 47.0 Å². The fourth-order valence-electron chi connectivity index (χ4n) is 1.55. The quantitative estimate of drug-likeness (QED) is 0.608. The van der Waals surface area contributed by atoms with E-state index in [2.05, 4.69) is 45.8 Å². The molecule has 0 rings (SSSR count). The molecule has 0 aliphatic rings. The average Bonchev–Trinajstić information content (AvgIpc) is 2.21. The van der Waals surface area contributed by atoms with Crippen molar-refractivity contribution in [2.45, 2.75) is 53.0 Å². The Bertz CT molecular complexity index is 182. The normalized spacial score (nSPS) is 16.1. The van der Waals surface area contributed by atoms with Gasteiger partial charge in [-0.3, -0.25) is 0 Å². The van der Waals surface area contributed by atoms with Crippen LogP contribution in [0, 0.1) is 5.92 Å². The van der Waals surface area contributed by atoms with E-state index in [9.17, 15) is 0 Å². The molecule has 0 aromatic heterocycles. The van der Waals surface area contributed by atoms with Crippen LogP contribution >= 0.6 is 0 Å². The van der Waals surface area contributed by atoms with Crippen molar-refractivity contribution >= 4 is 0 Å². The van der Waals surface area contributed by atoms with Gasteiger partial charge in [-0.1, -0.05) is 31.9 Å². The smallest absolute Gasteiger partial charge is 0.0408 e. The summed E-state index contributed by atoms with van der Waals surface area (Å²) in [6, 6.07) is 0.365. The molecule has 0 aromatic carbocycles. The van der Waals surface area contributed by atoms with Gasteiger partial charge in [0.1, 0.15) is 0 Å². The molecule has 0 aliphatic heterocycles. The van der Waals surface area contributed by atoms with Gasteiger partial charge >= 0.3 is 0 Å². The van der Waals surface area contributed by atoms with Gasteiger partial charge in [-0.25, -0.2) is 0 Å². The van der Waals surface area contributed by atoms with E-state index < -0.39 is 0 Å². The molecule has 0 fully saturated rings. The number of allylic oxidation sites excluding steroid dienone is 1. The molecule has 0 amide bonds. The number of rotatable bonds is 7. The maximum atomic E-state index is 3.75. The molecule has 14 heavy (non-hydrogen) atoms. The third-order valence-electron chi connectivity index (χ3n) is 2.70. The lowest BCUT2D eigenvalue weighted by atomic mass is 9.93. The topological polar surface area (TPSA) is 12.0 Å². The van der Waals surface area contributed by atoms with E-state index in [0.717, 1.165) is 5.92 Å². The second kappa shape index (κ2) is 7.66. The molecule has 0 spiro atoms. The highest BCUT2D eigenvalue weighted by molar-refractivity contribution is 5.03. The molecule has 0 aromatic rings. The third-order valence-corrected chi connectivity index (χ3v) is 2.70. The van der Waals surface area contributed by atoms with Crippen molar-refractivity contribution in [1.29, 1.82) is 0 Å². The van der Waals surface area contributed by atoms with Crippen molar-refractivity contribution in [2.75, 3.05) is 0 Å². The van der Waals surface area contributed by atoms with Gasteiger partial charge in [0.05, 0.1) is 0 Å². The van der Waals surface area contributed by atoms with Crippen LogP contribution in [0.4, 0.5) is 0 Å². The fraction of sp³-hybridized carbons (Fsp3) is 0.692. The summed E-state index contributed by atoms with van der Waals surface area (Å²) in [5.74, 6) is 0.740. The summed E-state index contributed by atoms with van der Waals surface area (Å²) < 4.78 is 0. The standard InChI is InChI=1S/C13H25N/c1-6-9-13(8-3)11(4)10-14-12(5)7-2/h7,10,12-14H,2,6,8-9H2,1,3-5H3/b11-10+. The zero-order chi connectivity index (χ0) is 11.0. The lowest BCUT2D eigenvalue weighted by Crippen LogP contribution is -2.18. The summed E-state index contributed by atoms with van der Waals surface area (Å²) >= 11 is 0. The number of hydrogen-bond acceptors (Lipinski definition) is 1. The average molecular weight is 195 g/mol. The van der Waals surface area contributed by atoms with Crippen LogP contribution in [-0.2, 0) is 0 Å². The van der Waals surface area contributed by atoms with Crippen LogP contribution in [-0.4, -0.2) is 6.04 Å². The van der Waals surface area contributed by atoms with Gasteiger partial charge in [0.25, 0.3) is 0 Å². The van der Waals surface area contributed by atoms with Crippen molar-refractivity contribution in [3.8, 4) is 0 Å². The second-order valence-electron chi connectivity index (χ2n) is 3.97. The highest BCUT2D eigenvalue weighted by Gasteiger charge is 2.06. The van der Waals surface area contributed by atoms with Gasteiger partial charge in [0.2, 0.25) is 0 Å². The Labute approximate surface area is 89.3 Å². The number of nitrogens with one attached hydrogen (secondary N) is 1. The maximum Gasteiger partial charge on any atom is 0.0408 e.